The average Bonchev–Trinajstić information content (AvgIpc) is 2.78. The van der Waals surface area contributed by atoms with E-state index in [1.165, 1.54) is 4.88 Å². The standard InChI is InChI=1S/C14H22N4OS/c1-9(2)8-19-6-5-16-12-11-7-10(3)20-13(11)18-14(15-4)17-12/h7,9H,5-6,8H2,1-4H3,(H2,15,16,17,18). The molecule has 0 saturated heterocycles. The number of nitrogens with one attached hydrogen (secondary N) is 2. The van der Waals surface area contributed by atoms with Gasteiger partial charge in [-0.3, -0.25) is 0 Å². The number of aromatic nitrogens is 2. The first-order valence-electron chi connectivity index (χ1n) is 6.87. The minimum absolute atomic E-state index is 0.566. The van der Waals surface area contributed by atoms with E-state index in [9.17, 15) is 0 Å². The van der Waals surface area contributed by atoms with Gasteiger partial charge in [0.15, 0.2) is 0 Å². The van der Waals surface area contributed by atoms with Gasteiger partial charge in [-0.1, -0.05) is 13.8 Å². The fourth-order valence-corrected chi connectivity index (χ4v) is 2.73. The van der Waals surface area contributed by atoms with Crippen molar-refractivity contribution in [3.05, 3.63) is 10.9 Å². The van der Waals surface area contributed by atoms with E-state index in [0.29, 0.717) is 18.5 Å². The van der Waals surface area contributed by atoms with E-state index < -0.39 is 0 Å². The van der Waals surface area contributed by atoms with Crippen molar-refractivity contribution in [2.75, 3.05) is 37.4 Å². The number of anilines is 2. The van der Waals surface area contributed by atoms with Gasteiger partial charge in [0, 0.05) is 25.1 Å². The van der Waals surface area contributed by atoms with Crippen molar-refractivity contribution < 1.29 is 4.74 Å². The highest BCUT2D eigenvalue weighted by Gasteiger charge is 2.09. The average molecular weight is 294 g/mol. The van der Waals surface area contributed by atoms with Crippen molar-refractivity contribution in [1.29, 1.82) is 0 Å². The summed E-state index contributed by atoms with van der Waals surface area (Å²) in [5, 5.41) is 7.42. The van der Waals surface area contributed by atoms with Crippen LogP contribution >= 0.6 is 11.3 Å². The van der Waals surface area contributed by atoms with Crippen LogP contribution < -0.4 is 10.6 Å². The number of hydrogen-bond donors (Lipinski definition) is 2. The summed E-state index contributed by atoms with van der Waals surface area (Å²) in [7, 11) is 1.83. The van der Waals surface area contributed by atoms with Crippen molar-refractivity contribution in [3.63, 3.8) is 0 Å². The Hall–Kier alpha value is -1.40. The molecule has 2 aromatic rings. The Morgan fingerprint density at radius 3 is 2.85 bits per heavy atom. The minimum Gasteiger partial charge on any atom is -0.379 e. The van der Waals surface area contributed by atoms with Crippen molar-refractivity contribution >= 4 is 33.3 Å². The molecule has 0 aliphatic carbocycles. The molecule has 20 heavy (non-hydrogen) atoms. The summed E-state index contributed by atoms with van der Waals surface area (Å²) in [6.07, 6.45) is 0. The van der Waals surface area contributed by atoms with Gasteiger partial charge in [0.2, 0.25) is 5.95 Å². The molecular weight excluding hydrogens is 272 g/mol. The van der Waals surface area contributed by atoms with Crippen LogP contribution in [0.15, 0.2) is 6.07 Å². The Balaban J connectivity index is 2.04. The Morgan fingerprint density at radius 1 is 1.35 bits per heavy atom. The highest BCUT2D eigenvalue weighted by molar-refractivity contribution is 7.18. The second kappa shape index (κ2) is 6.85. The molecule has 0 fully saturated rings. The summed E-state index contributed by atoms with van der Waals surface area (Å²) in [5.74, 6) is 2.08. The van der Waals surface area contributed by atoms with Gasteiger partial charge in [-0.05, 0) is 18.9 Å². The number of fused-ring (bicyclic) bond motifs is 1. The molecule has 2 N–H and O–H groups in total. The maximum Gasteiger partial charge on any atom is 0.225 e. The Morgan fingerprint density at radius 2 is 2.15 bits per heavy atom. The summed E-state index contributed by atoms with van der Waals surface area (Å²) >= 11 is 1.68. The third kappa shape index (κ3) is 3.80. The van der Waals surface area contributed by atoms with Gasteiger partial charge in [-0.25, -0.2) is 4.98 Å². The maximum absolute atomic E-state index is 5.57. The van der Waals surface area contributed by atoms with E-state index in [4.69, 9.17) is 4.74 Å². The number of ether oxygens (including phenoxy) is 1. The van der Waals surface area contributed by atoms with Crippen molar-refractivity contribution in [2.24, 2.45) is 5.92 Å². The van der Waals surface area contributed by atoms with Crippen molar-refractivity contribution in [1.82, 2.24) is 9.97 Å². The topological polar surface area (TPSA) is 59.1 Å². The van der Waals surface area contributed by atoms with Crippen LogP contribution in [0.3, 0.4) is 0 Å². The molecule has 0 atom stereocenters. The van der Waals surface area contributed by atoms with E-state index in [1.54, 1.807) is 11.3 Å². The van der Waals surface area contributed by atoms with E-state index in [-0.39, 0.29) is 0 Å². The molecule has 0 radical (unpaired) electrons. The maximum atomic E-state index is 5.57. The molecular formula is C14H22N4OS. The summed E-state index contributed by atoms with van der Waals surface area (Å²) in [5.41, 5.74) is 0. The Labute approximate surface area is 123 Å². The molecule has 0 unspecified atom stereocenters. The highest BCUT2D eigenvalue weighted by Crippen LogP contribution is 2.29. The van der Waals surface area contributed by atoms with Crippen LogP contribution in [-0.4, -0.2) is 36.8 Å². The zero-order valence-electron chi connectivity index (χ0n) is 12.5. The molecule has 6 heteroatoms. The van der Waals surface area contributed by atoms with E-state index >= 15 is 0 Å². The molecule has 0 saturated carbocycles. The van der Waals surface area contributed by atoms with Gasteiger partial charge < -0.3 is 15.4 Å². The van der Waals surface area contributed by atoms with E-state index in [2.05, 4.69) is 47.4 Å². The van der Waals surface area contributed by atoms with Crippen LogP contribution in [0.25, 0.3) is 10.2 Å². The van der Waals surface area contributed by atoms with Gasteiger partial charge >= 0.3 is 0 Å². The zero-order valence-corrected chi connectivity index (χ0v) is 13.3. The summed E-state index contributed by atoms with van der Waals surface area (Å²) in [4.78, 5) is 11.2. The van der Waals surface area contributed by atoms with Crippen LogP contribution in [0, 0.1) is 12.8 Å². The largest absolute Gasteiger partial charge is 0.379 e. The van der Waals surface area contributed by atoms with Gasteiger partial charge in [0.25, 0.3) is 0 Å². The first-order valence-corrected chi connectivity index (χ1v) is 7.69. The lowest BCUT2D eigenvalue weighted by molar-refractivity contribution is 0.118. The highest BCUT2D eigenvalue weighted by atomic mass is 32.1. The molecule has 0 aromatic carbocycles. The van der Waals surface area contributed by atoms with Crippen molar-refractivity contribution in [3.8, 4) is 0 Å². The number of aryl methyl sites for hydroxylation is 1. The molecule has 110 valence electrons. The summed E-state index contributed by atoms with van der Waals surface area (Å²) in [6, 6.07) is 2.12. The Kier molecular flexibility index (Phi) is 5.14. The summed E-state index contributed by atoms with van der Waals surface area (Å²) in [6.45, 7) is 8.60. The first kappa shape index (κ1) is 15.0. The molecule has 0 bridgehead atoms. The third-order valence-corrected chi connectivity index (χ3v) is 3.67. The Bertz CT molecular complexity index is 568. The molecule has 0 aliphatic heterocycles. The normalized spacial score (nSPS) is 11.2. The number of thiophene rings is 1. The second-order valence-corrected chi connectivity index (χ2v) is 6.35. The predicted molar refractivity (Wildman–Crippen MR) is 85.8 cm³/mol. The molecule has 0 spiro atoms. The fraction of sp³-hybridized carbons (Fsp3) is 0.571. The smallest absolute Gasteiger partial charge is 0.225 e. The fourth-order valence-electron chi connectivity index (χ4n) is 1.85. The van der Waals surface area contributed by atoms with E-state index in [0.717, 1.165) is 29.2 Å². The quantitative estimate of drug-likeness (QED) is 0.768. The molecule has 5 nitrogen and oxygen atoms in total. The number of rotatable bonds is 7. The zero-order chi connectivity index (χ0) is 14.5. The lowest BCUT2D eigenvalue weighted by atomic mass is 10.2. The van der Waals surface area contributed by atoms with Crippen LogP contribution in [0.5, 0.6) is 0 Å². The lowest BCUT2D eigenvalue weighted by Crippen LogP contribution is -2.13. The molecule has 0 amide bonds. The van der Waals surface area contributed by atoms with Crippen LogP contribution in [0.4, 0.5) is 11.8 Å². The number of nitrogens with zero attached hydrogens (tertiary/aromatic N) is 2. The van der Waals surface area contributed by atoms with E-state index in [1.807, 2.05) is 7.05 Å². The lowest BCUT2D eigenvalue weighted by Gasteiger charge is -2.10. The van der Waals surface area contributed by atoms with Gasteiger partial charge in [-0.2, -0.15) is 4.98 Å². The van der Waals surface area contributed by atoms with Gasteiger partial charge in [0.1, 0.15) is 10.6 Å². The first-order chi connectivity index (χ1) is 9.60. The minimum atomic E-state index is 0.566. The summed E-state index contributed by atoms with van der Waals surface area (Å²) < 4.78 is 5.57. The predicted octanol–water partition coefficient (Wildman–Crippen LogP) is 3.13. The molecule has 2 rings (SSSR count). The van der Waals surface area contributed by atoms with Crippen LogP contribution in [0.2, 0.25) is 0 Å². The van der Waals surface area contributed by atoms with Gasteiger partial charge in [-0.15, -0.1) is 11.3 Å². The van der Waals surface area contributed by atoms with Crippen LogP contribution in [0.1, 0.15) is 18.7 Å². The third-order valence-electron chi connectivity index (χ3n) is 2.73. The molecule has 2 aromatic heterocycles. The monoisotopic (exact) mass is 294 g/mol. The van der Waals surface area contributed by atoms with Crippen LogP contribution in [-0.2, 0) is 4.74 Å². The molecule has 2 heterocycles. The SMILES string of the molecule is CNc1nc(NCCOCC(C)C)c2cc(C)sc2n1. The second-order valence-electron chi connectivity index (χ2n) is 5.12. The molecule has 0 aliphatic rings. The number of hydrogen-bond acceptors (Lipinski definition) is 6. The van der Waals surface area contributed by atoms with Gasteiger partial charge in [0.05, 0.1) is 12.0 Å². The van der Waals surface area contributed by atoms with Crippen molar-refractivity contribution in [2.45, 2.75) is 20.8 Å².